The van der Waals surface area contributed by atoms with Crippen LogP contribution in [-0.4, -0.2) is 10.9 Å². The van der Waals surface area contributed by atoms with Gasteiger partial charge in [-0.3, -0.25) is 10.1 Å². The van der Waals surface area contributed by atoms with Crippen LogP contribution in [0.5, 0.6) is 0 Å². The SMILES string of the molecule is CC=CC=CC(=O)Nc1nc(-c2ccc(F)cc2)c(C)s1. The maximum atomic E-state index is 12.9. The first-order chi connectivity index (χ1) is 10.1. The lowest BCUT2D eigenvalue weighted by atomic mass is 10.1. The van der Waals surface area contributed by atoms with Crippen molar-refractivity contribution in [3.8, 4) is 11.3 Å². The Hall–Kier alpha value is -2.27. The van der Waals surface area contributed by atoms with E-state index in [-0.39, 0.29) is 11.7 Å². The molecule has 1 amide bonds. The molecule has 1 aromatic heterocycles. The summed E-state index contributed by atoms with van der Waals surface area (Å²) in [6.45, 7) is 3.79. The summed E-state index contributed by atoms with van der Waals surface area (Å²) >= 11 is 1.39. The summed E-state index contributed by atoms with van der Waals surface area (Å²) in [5.41, 5.74) is 1.59. The Morgan fingerprint density at radius 2 is 2.00 bits per heavy atom. The number of aryl methyl sites for hydroxylation is 1. The number of benzene rings is 1. The average Bonchev–Trinajstić information content (AvgIpc) is 2.80. The minimum absolute atomic E-state index is 0.229. The van der Waals surface area contributed by atoms with E-state index < -0.39 is 0 Å². The number of thiazole rings is 1. The van der Waals surface area contributed by atoms with Gasteiger partial charge in [0.2, 0.25) is 5.91 Å². The Labute approximate surface area is 126 Å². The summed E-state index contributed by atoms with van der Waals surface area (Å²) in [5.74, 6) is -0.512. The monoisotopic (exact) mass is 302 g/mol. The Balaban J connectivity index is 2.15. The molecule has 0 unspecified atom stereocenters. The number of rotatable bonds is 4. The Morgan fingerprint density at radius 3 is 2.67 bits per heavy atom. The van der Waals surface area contributed by atoms with Crippen LogP contribution in [0, 0.1) is 12.7 Å². The van der Waals surface area contributed by atoms with Crippen LogP contribution in [0.4, 0.5) is 9.52 Å². The minimum atomic E-state index is -0.283. The molecule has 1 N–H and O–H groups in total. The molecule has 0 spiro atoms. The van der Waals surface area contributed by atoms with Crippen LogP contribution in [0.15, 0.2) is 48.6 Å². The first-order valence-electron chi connectivity index (χ1n) is 6.44. The van der Waals surface area contributed by atoms with Gasteiger partial charge in [-0.05, 0) is 38.1 Å². The zero-order valence-electron chi connectivity index (χ0n) is 11.8. The molecule has 2 aromatic rings. The highest BCUT2D eigenvalue weighted by Crippen LogP contribution is 2.30. The minimum Gasteiger partial charge on any atom is -0.298 e. The largest absolute Gasteiger partial charge is 0.298 e. The summed E-state index contributed by atoms with van der Waals surface area (Å²) < 4.78 is 12.9. The molecule has 0 saturated heterocycles. The van der Waals surface area contributed by atoms with Crippen molar-refractivity contribution < 1.29 is 9.18 Å². The van der Waals surface area contributed by atoms with Gasteiger partial charge in [0, 0.05) is 16.5 Å². The number of hydrogen-bond donors (Lipinski definition) is 1. The van der Waals surface area contributed by atoms with Crippen molar-refractivity contribution in [3.05, 3.63) is 59.3 Å². The smallest absolute Gasteiger partial charge is 0.250 e. The molecule has 0 aliphatic rings. The summed E-state index contributed by atoms with van der Waals surface area (Å²) in [4.78, 5) is 17.0. The zero-order valence-corrected chi connectivity index (χ0v) is 12.6. The van der Waals surface area contributed by atoms with Crippen molar-refractivity contribution in [2.24, 2.45) is 0 Å². The van der Waals surface area contributed by atoms with Gasteiger partial charge in [0.05, 0.1) is 5.69 Å². The molecular formula is C16H15FN2OS. The fourth-order valence-electron chi connectivity index (χ4n) is 1.73. The van der Waals surface area contributed by atoms with Gasteiger partial charge in [-0.1, -0.05) is 18.2 Å². The molecule has 21 heavy (non-hydrogen) atoms. The highest BCUT2D eigenvalue weighted by molar-refractivity contribution is 7.16. The van der Waals surface area contributed by atoms with Crippen LogP contribution in [-0.2, 0) is 4.79 Å². The second kappa shape index (κ2) is 6.95. The van der Waals surface area contributed by atoms with Crippen LogP contribution in [0.2, 0.25) is 0 Å². The fourth-order valence-corrected chi connectivity index (χ4v) is 2.57. The van der Waals surface area contributed by atoms with E-state index in [0.717, 1.165) is 16.1 Å². The third-order valence-electron chi connectivity index (χ3n) is 2.70. The summed E-state index contributed by atoms with van der Waals surface area (Å²) in [6, 6.07) is 6.14. The summed E-state index contributed by atoms with van der Waals surface area (Å²) in [7, 11) is 0. The molecular weight excluding hydrogens is 287 g/mol. The number of anilines is 1. The van der Waals surface area contributed by atoms with Crippen molar-refractivity contribution in [3.63, 3.8) is 0 Å². The molecule has 3 nitrogen and oxygen atoms in total. The maximum Gasteiger partial charge on any atom is 0.250 e. The van der Waals surface area contributed by atoms with E-state index in [0.29, 0.717) is 5.13 Å². The normalized spacial score (nSPS) is 11.4. The van der Waals surface area contributed by atoms with Crippen molar-refractivity contribution in [2.45, 2.75) is 13.8 Å². The van der Waals surface area contributed by atoms with Crippen molar-refractivity contribution in [1.29, 1.82) is 0 Å². The van der Waals surface area contributed by atoms with Gasteiger partial charge in [0.15, 0.2) is 5.13 Å². The van der Waals surface area contributed by atoms with E-state index in [1.165, 1.54) is 29.5 Å². The number of carbonyl (C=O) groups excluding carboxylic acids is 1. The number of hydrogen-bond acceptors (Lipinski definition) is 3. The second-order valence-electron chi connectivity index (χ2n) is 4.30. The van der Waals surface area contributed by atoms with Gasteiger partial charge >= 0.3 is 0 Å². The lowest BCUT2D eigenvalue weighted by Crippen LogP contribution is -2.07. The number of nitrogens with zero attached hydrogens (tertiary/aromatic N) is 1. The highest BCUT2D eigenvalue weighted by Gasteiger charge is 2.11. The predicted octanol–water partition coefficient (Wildman–Crippen LogP) is 4.33. The third-order valence-corrected chi connectivity index (χ3v) is 3.58. The first-order valence-corrected chi connectivity index (χ1v) is 7.25. The standard InChI is InChI=1S/C16H15FN2OS/c1-3-4-5-6-14(20)18-16-19-15(11(2)21-16)12-7-9-13(17)10-8-12/h3-10H,1-2H3,(H,18,19,20). The summed E-state index contributed by atoms with van der Waals surface area (Å²) in [5, 5.41) is 3.25. The molecule has 0 saturated carbocycles. The summed E-state index contributed by atoms with van der Waals surface area (Å²) in [6.07, 6.45) is 6.71. The number of allylic oxidation sites excluding steroid dienone is 3. The van der Waals surface area contributed by atoms with E-state index >= 15 is 0 Å². The van der Waals surface area contributed by atoms with Gasteiger partial charge in [0.1, 0.15) is 5.82 Å². The predicted molar refractivity (Wildman–Crippen MR) is 84.8 cm³/mol. The number of nitrogens with one attached hydrogen (secondary N) is 1. The molecule has 1 aromatic carbocycles. The van der Waals surface area contributed by atoms with E-state index in [4.69, 9.17) is 0 Å². The first kappa shape index (κ1) is 15.1. The fraction of sp³-hybridized carbons (Fsp3) is 0.125. The van der Waals surface area contributed by atoms with Gasteiger partial charge in [-0.2, -0.15) is 0 Å². The molecule has 2 rings (SSSR count). The van der Waals surface area contributed by atoms with E-state index in [1.54, 1.807) is 24.3 Å². The molecule has 108 valence electrons. The Bertz CT molecular complexity index is 687. The molecule has 0 aliphatic carbocycles. The van der Waals surface area contributed by atoms with Crippen LogP contribution < -0.4 is 5.32 Å². The number of carbonyl (C=O) groups is 1. The second-order valence-corrected chi connectivity index (χ2v) is 5.51. The molecule has 0 fully saturated rings. The van der Waals surface area contributed by atoms with Crippen molar-refractivity contribution >= 4 is 22.4 Å². The number of aromatic nitrogens is 1. The lowest BCUT2D eigenvalue weighted by Gasteiger charge is -1.98. The Kier molecular flexibility index (Phi) is 5.00. The molecule has 1 heterocycles. The number of amides is 1. The van der Waals surface area contributed by atoms with Gasteiger partial charge in [-0.25, -0.2) is 9.37 Å². The van der Waals surface area contributed by atoms with Crippen LogP contribution in [0.1, 0.15) is 11.8 Å². The quantitative estimate of drug-likeness (QED) is 0.674. The van der Waals surface area contributed by atoms with E-state index in [2.05, 4.69) is 10.3 Å². The van der Waals surface area contributed by atoms with Crippen LogP contribution in [0.25, 0.3) is 11.3 Å². The Morgan fingerprint density at radius 1 is 1.29 bits per heavy atom. The van der Waals surface area contributed by atoms with Crippen LogP contribution in [0.3, 0.4) is 0 Å². The molecule has 5 heteroatoms. The van der Waals surface area contributed by atoms with Gasteiger partial charge < -0.3 is 0 Å². The topological polar surface area (TPSA) is 42.0 Å². The van der Waals surface area contributed by atoms with Crippen LogP contribution >= 0.6 is 11.3 Å². The molecule has 0 radical (unpaired) electrons. The van der Waals surface area contributed by atoms with E-state index in [9.17, 15) is 9.18 Å². The molecule has 0 aliphatic heterocycles. The molecule has 0 bridgehead atoms. The van der Waals surface area contributed by atoms with Gasteiger partial charge in [0.25, 0.3) is 0 Å². The van der Waals surface area contributed by atoms with Crippen molar-refractivity contribution in [2.75, 3.05) is 5.32 Å². The van der Waals surface area contributed by atoms with Crippen molar-refractivity contribution in [1.82, 2.24) is 4.98 Å². The van der Waals surface area contributed by atoms with Gasteiger partial charge in [-0.15, -0.1) is 11.3 Å². The lowest BCUT2D eigenvalue weighted by molar-refractivity contribution is -0.111. The molecule has 0 atom stereocenters. The average molecular weight is 302 g/mol. The zero-order chi connectivity index (χ0) is 15.2. The highest BCUT2D eigenvalue weighted by atomic mass is 32.1. The maximum absolute atomic E-state index is 12.9. The third kappa shape index (κ3) is 4.10. The number of halogens is 1. The van der Waals surface area contributed by atoms with E-state index in [1.807, 2.05) is 19.9 Å².